The first-order valence-electron chi connectivity index (χ1n) is 8.95. The minimum Gasteiger partial charge on any atom is -0.484 e. The molecule has 0 radical (unpaired) electrons. The fourth-order valence-corrected chi connectivity index (χ4v) is 3.12. The molecule has 0 unspecified atom stereocenters. The lowest BCUT2D eigenvalue weighted by Crippen LogP contribution is -2.48. The van der Waals surface area contributed by atoms with Crippen LogP contribution in [0.25, 0.3) is 0 Å². The number of rotatable bonds is 10. The van der Waals surface area contributed by atoms with Crippen molar-refractivity contribution in [3.63, 3.8) is 0 Å². The van der Waals surface area contributed by atoms with Gasteiger partial charge in [0.15, 0.2) is 6.61 Å². The lowest BCUT2D eigenvalue weighted by molar-refractivity contribution is -0.136. The van der Waals surface area contributed by atoms with E-state index in [2.05, 4.69) is 5.32 Å². The van der Waals surface area contributed by atoms with Gasteiger partial charge in [0.1, 0.15) is 17.6 Å². The summed E-state index contributed by atoms with van der Waals surface area (Å²) < 4.78 is 18.8. The Morgan fingerprint density at radius 3 is 2.61 bits per heavy atom. The zero-order valence-corrected chi connectivity index (χ0v) is 16.9. The summed E-state index contributed by atoms with van der Waals surface area (Å²) >= 11 is 1.60. The molecular formula is C21H25FN2O3S. The fraction of sp³-hybridized carbons (Fsp3) is 0.333. The Labute approximate surface area is 169 Å². The maximum atomic E-state index is 13.4. The standard InChI is InChI=1S/C21H25FN2O3S/c1-24(14-16-7-6-8-17(22)13-16)21(26)19(11-12-28-2)23-20(25)15-27-18-9-4-3-5-10-18/h3-10,13,19H,11-12,14-15H2,1-2H3,(H,23,25)/t19-/m0/s1. The molecule has 28 heavy (non-hydrogen) atoms. The van der Waals surface area contributed by atoms with E-state index in [1.54, 1.807) is 43.1 Å². The van der Waals surface area contributed by atoms with Crippen LogP contribution in [-0.4, -0.2) is 48.4 Å². The van der Waals surface area contributed by atoms with Gasteiger partial charge >= 0.3 is 0 Å². The number of likely N-dealkylation sites (N-methyl/N-ethyl adjacent to an activating group) is 1. The number of para-hydroxylation sites is 1. The average Bonchev–Trinajstić information content (AvgIpc) is 2.69. The van der Waals surface area contributed by atoms with Gasteiger partial charge in [-0.05, 0) is 48.3 Å². The van der Waals surface area contributed by atoms with Gasteiger partial charge < -0.3 is 15.0 Å². The summed E-state index contributed by atoms with van der Waals surface area (Å²) in [6, 6.07) is 14.5. The summed E-state index contributed by atoms with van der Waals surface area (Å²) in [7, 11) is 1.64. The molecule has 0 bridgehead atoms. The second-order valence-electron chi connectivity index (χ2n) is 6.33. The third-order valence-electron chi connectivity index (χ3n) is 4.04. The minimum absolute atomic E-state index is 0.166. The lowest BCUT2D eigenvalue weighted by Gasteiger charge is -2.24. The molecule has 0 aliphatic carbocycles. The summed E-state index contributed by atoms with van der Waals surface area (Å²) in [5.74, 6) is 0.398. The maximum absolute atomic E-state index is 13.4. The number of hydrogen-bond donors (Lipinski definition) is 1. The Bertz CT molecular complexity index is 773. The predicted molar refractivity (Wildman–Crippen MR) is 110 cm³/mol. The molecule has 0 aliphatic heterocycles. The fourth-order valence-electron chi connectivity index (χ4n) is 2.65. The first-order valence-corrected chi connectivity index (χ1v) is 10.3. The van der Waals surface area contributed by atoms with Crippen LogP contribution in [0.3, 0.4) is 0 Å². The van der Waals surface area contributed by atoms with E-state index in [9.17, 15) is 14.0 Å². The SMILES string of the molecule is CSCC[C@H](NC(=O)COc1ccccc1)C(=O)N(C)Cc1cccc(F)c1. The highest BCUT2D eigenvalue weighted by Gasteiger charge is 2.24. The predicted octanol–water partition coefficient (Wildman–Crippen LogP) is 3.10. The minimum atomic E-state index is -0.655. The number of benzene rings is 2. The van der Waals surface area contributed by atoms with Gasteiger partial charge in [-0.15, -0.1) is 0 Å². The molecule has 150 valence electrons. The highest BCUT2D eigenvalue weighted by atomic mass is 32.2. The van der Waals surface area contributed by atoms with Crippen molar-refractivity contribution in [3.05, 3.63) is 66.0 Å². The van der Waals surface area contributed by atoms with Gasteiger partial charge in [-0.3, -0.25) is 9.59 Å². The van der Waals surface area contributed by atoms with Gasteiger partial charge in [-0.1, -0.05) is 30.3 Å². The van der Waals surface area contributed by atoms with Crippen LogP contribution in [0.2, 0.25) is 0 Å². The Morgan fingerprint density at radius 2 is 1.93 bits per heavy atom. The van der Waals surface area contributed by atoms with Crippen LogP contribution in [0.15, 0.2) is 54.6 Å². The highest BCUT2D eigenvalue weighted by molar-refractivity contribution is 7.98. The molecule has 2 amide bonds. The first-order chi connectivity index (χ1) is 13.5. The Morgan fingerprint density at radius 1 is 1.18 bits per heavy atom. The summed E-state index contributed by atoms with van der Waals surface area (Å²) in [5.41, 5.74) is 0.693. The number of nitrogens with zero attached hydrogens (tertiary/aromatic N) is 1. The number of carbonyl (C=O) groups is 2. The molecule has 5 nitrogen and oxygen atoms in total. The molecule has 0 heterocycles. The third kappa shape index (κ3) is 7.23. The van der Waals surface area contributed by atoms with E-state index in [0.29, 0.717) is 17.7 Å². The summed E-state index contributed by atoms with van der Waals surface area (Å²) in [6.45, 7) is 0.101. The molecule has 0 saturated heterocycles. The van der Waals surface area contributed by atoms with Crippen molar-refractivity contribution in [2.45, 2.75) is 19.0 Å². The molecule has 0 fully saturated rings. The van der Waals surface area contributed by atoms with Crippen LogP contribution < -0.4 is 10.1 Å². The molecule has 0 aliphatic rings. The van der Waals surface area contributed by atoms with Gasteiger partial charge in [-0.25, -0.2) is 4.39 Å². The molecule has 7 heteroatoms. The summed E-state index contributed by atoms with van der Waals surface area (Å²) in [5, 5.41) is 2.76. The van der Waals surface area contributed by atoms with E-state index in [0.717, 1.165) is 5.75 Å². The zero-order chi connectivity index (χ0) is 20.4. The maximum Gasteiger partial charge on any atom is 0.258 e. The smallest absolute Gasteiger partial charge is 0.258 e. The van der Waals surface area contributed by atoms with Crippen LogP contribution in [0, 0.1) is 5.82 Å². The van der Waals surface area contributed by atoms with E-state index >= 15 is 0 Å². The zero-order valence-electron chi connectivity index (χ0n) is 16.1. The topological polar surface area (TPSA) is 58.6 Å². The van der Waals surface area contributed by atoms with Crippen LogP contribution in [0.4, 0.5) is 4.39 Å². The molecule has 1 atom stereocenters. The normalized spacial score (nSPS) is 11.5. The van der Waals surface area contributed by atoms with E-state index in [-0.39, 0.29) is 30.8 Å². The van der Waals surface area contributed by atoms with Crippen molar-refractivity contribution >= 4 is 23.6 Å². The average molecular weight is 405 g/mol. The molecule has 0 aromatic heterocycles. The molecule has 2 aromatic rings. The third-order valence-corrected chi connectivity index (χ3v) is 4.69. The summed E-state index contributed by atoms with van der Waals surface area (Å²) in [4.78, 5) is 26.6. The quantitative estimate of drug-likeness (QED) is 0.661. The Hall–Kier alpha value is -2.54. The second kappa shape index (κ2) is 11.3. The van der Waals surface area contributed by atoms with Crippen molar-refractivity contribution in [3.8, 4) is 5.75 Å². The van der Waals surface area contributed by atoms with E-state index in [1.165, 1.54) is 17.0 Å². The largest absolute Gasteiger partial charge is 0.484 e. The second-order valence-corrected chi connectivity index (χ2v) is 7.31. The van der Waals surface area contributed by atoms with Gasteiger partial charge in [0, 0.05) is 13.6 Å². The van der Waals surface area contributed by atoms with Crippen molar-refractivity contribution in [1.29, 1.82) is 0 Å². The lowest BCUT2D eigenvalue weighted by atomic mass is 10.1. The highest BCUT2D eigenvalue weighted by Crippen LogP contribution is 2.11. The van der Waals surface area contributed by atoms with Crippen LogP contribution in [-0.2, 0) is 16.1 Å². The van der Waals surface area contributed by atoms with Crippen molar-refractivity contribution < 1.29 is 18.7 Å². The molecule has 1 N–H and O–H groups in total. The van der Waals surface area contributed by atoms with Gasteiger partial charge in [-0.2, -0.15) is 11.8 Å². The molecule has 0 saturated carbocycles. The number of amides is 2. The van der Waals surface area contributed by atoms with Gasteiger partial charge in [0.25, 0.3) is 5.91 Å². The first kappa shape index (κ1) is 21.8. The van der Waals surface area contributed by atoms with Crippen molar-refractivity contribution in [1.82, 2.24) is 10.2 Å². The van der Waals surface area contributed by atoms with Crippen LogP contribution in [0.5, 0.6) is 5.75 Å². The van der Waals surface area contributed by atoms with Crippen LogP contribution >= 0.6 is 11.8 Å². The molecule has 0 spiro atoms. The number of ether oxygens (including phenoxy) is 1. The number of thioether (sulfide) groups is 1. The molecule has 2 aromatic carbocycles. The number of carbonyl (C=O) groups excluding carboxylic acids is 2. The Balaban J connectivity index is 1.94. The molecular weight excluding hydrogens is 379 g/mol. The van der Waals surface area contributed by atoms with Gasteiger partial charge in [0.05, 0.1) is 0 Å². The van der Waals surface area contributed by atoms with Crippen LogP contribution in [0.1, 0.15) is 12.0 Å². The van der Waals surface area contributed by atoms with Gasteiger partial charge in [0.2, 0.25) is 5.91 Å². The monoisotopic (exact) mass is 404 g/mol. The Kier molecular flexibility index (Phi) is 8.81. The van der Waals surface area contributed by atoms with Crippen molar-refractivity contribution in [2.24, 2.45) is 0 Å². The van der Waals surface area contributed by atoms with E-state index in [1.807, 2.05) is 24.5 Å². The van der Waals surface area contributed by atoms with E-state index in [4.69, 9.17) is 4.74 Å². The van der Waals surface area contributed by atoms with Crippen molar-refractivity contribution in [2.75, 3.05) is 25.7 Å². The molecule has 2 rings (SSSR count). The number of halogens is 1. The van der Waals surface area contributed by atoms with E-state index < -0.39 is 6.04 Å². The number of hydrogen-bond acceptors (Lipinski definition) is 4. The number of nitrogens with one attached hydrogen (secondary N) is 1. The summed E-state index contributed by atoms with van der Waals surface area (Å²) in [6.07, 6.45) is 2.45.